The van der Waals surface area contributed by atoms with E-state index in [2.05, 4.69) is 13.8 Å². The molecule has 2 N–H and O–H groups in total. The number of rotatable bonds is 6. The molecule has 12 heavy (non-hydrogen) atoms. The van der Waals surface area contributed by atoms with Gasteiger partial charge in [0.25, 0.3) is 0 Å². The predicted molar refractivity (Wildman–Crippen MR) is 56.9 cm³/mol. The SMILES string of the molecule is C[O][Sn][CH](C)CCCC(C)N.Cl. The van der Waals surface area contributed by atoms with E-state index in [0.29, 0.717) is 6.04 Å². The Morgan fingerprint density at radius 3 is 2.33 bits per heavy atom. The summed E-state index contributed by atoms with van der Waals surface area (Å²) in [7, 11) is 1.83. The van der Waals surface area contributed by atoms with Crippen molar-refractivity contribution in [2.24, 2.45) is 5.73 Å². The van der Waals surface area contributed by atoms with Crippen LogP contribution in [-0.4, -0.2) is 34.7 Å². The van der Waals surface area contributed by atoms with Crippen molar-refractivity contribution in [3.63, 3.8) is 0 Å². The smallest absolute Gasteiger partial charge is 0.147 e. The van der Waals surface area contributed by atoms with Gasteiger partial charge in [-0.15, -0.1) is 12.4 Å². The van der Waals surface area contributed by atoms with Gasteiger partial charge in [0.15, 0.2) is 0 Å². The van der Waals surface area contributed by atoms with Crippen LogP contribution in [0.25, 0.3) is 0 Å². The molecule has 2 nitrogen and oxygen atoms in total. The average Bonchev–Trinajstić information content (AvgIpc) is 1.87. The molecule has 74 valence electrons. The Hall–Kier alpha value is 1.01. The molecule has 0 aliphatic heterocycles. The minimum Gasteiger partial charge on any atom is -0.147 e. The topological polar surface area (TPSA) is 35.2 Å². The van der Waals surface area contributed by atoms with Crippen LogP contribution < -0.4 is 5.73 Å². The first-order valence-electron chi connectivity index (χ1n) is 4.21. The van der Waals surface area contributed by atoms with Crippen LogP contribution in [0.2, 0.25) is 3.93 Å². The monoisotopic (exact) mass is 301 g/mol. The van der Waals surface area contributed by atoms with Crippen molar-refractivity contribution in [2.45, 2.75) is 43.1 Å². The maximum atomic E-state index is 5.64. The number of hydrogen-bond acceptors (Lipinski definition) is 2. The van der Waals surface area contributed by atoms with Crippen molar-refractivity contribution in [2.75, 3.05) is 7.11 Å². The van der Waals surface area contributed by atoms with Gasteiger partial charge in [-0.1, -0.05) is 0 Å². The average molecular weight is 300 g/mol. The van der Waals surface area contributed by atoms with Crippen molar-refractivity contribution in [1.82, 2.24) is 0 Å². The van der Waals surface area contributed by atoms with Crippen LogP contribution in [0, 0.1) is 0 Å². The molecule has 0 aliphatic carbocycles. The van der Waals surface area contributed by atoms with Gasteiger partial charge in [-0.2, -0.15) is 0 Å². The zero-order valence-corrected chi connectivity index (χ0v) is 11.8. The molecule has 0 saturated carbocycles. The van der Waals surface area contributed by atoms with Crippen molar-refractivity contribution < 1.29 is 3.07 Å². The van der Waals surface area contributed by atoms with Gasteiger partial charge in [0.2, 0.25) is 0 Å². The van der Waals surface area contributed by atoms with E-state index in [9.17, 15) is 0 Å². The molecule has 0 heterocycles. The summed E-state index contributed by atoms with van der Waals surface area (Å²) < 4.78 is 6.05. The van der Waals surface area contributed by atoms with E-state index in [4.69, 9.17) is 8.81 Å². The summed E-state index contributed by atoms with van der Waals surface area (Å²) >= 11 is -0.489. The zero-order valence-electron chi connectivity index (χ0n) is 8.17. The van der Waals surface area contributed by atoms with Crippen molar-refractivity contribution in [1.29, 1.82) is 0 Å². The van der Waals surface area contributed by atoms with Crippen LogP contribution in [0.1, 0.15) is 33.1 Å². The van der Waals surface area contributed by atoms with Gasteiger partial charge >= 0.3 is 80.6 Å². The number of nitrogens with two attached hydrogens (primary N) is 1. The van der Waals surface area contributed by atoms with E-state index in [0.717, 1.165) is 10.4 Å². The quantitative estimate of drug-likeness (QED) is 0.762. The number of hydrogen-bond donors (Lipinski definition) is 1. The molecule has 0 aromatic carbocycles. The molecular weight excluding hydrogens is 280 g/mol. The van der Waals surface area contributed by atoms with Crippen molar-refractivity contribution in [3.05, 3.63) is 0 Å². The van der Waals surface area contributed by atoms with Crippen LogP contribution in [0.3, 0.4) is 0 Å². The Labute approximate surface area is 92.8 Å². The van der Waals surface area contributed by atoms with E-state index in [-0.39, 0.29) is 12.4 Å². The summed E-state index contributed by atoms with van der Waals surface area (Å²) in [6.45, 7) is 4.36. The van der Waals surface area contributed by atoms with Crippen molar-refractivity contribution >= 4 is 34.0 Å². The first kappa shape index (κ1) is 15.5. The van der Waals surface area contributed by atoms with E-state index in [1.807, 2.05) is 7.11 Å². The Morgan fingerprint density at radius 2 is 1.92 bits per heavy atom. The summed E-state index contributed by atoms with van der Waals surface area (Å²) in [6.07, 6.45) is 3.73. The Balaban J connectivity index is 0. The predicted octanol–water partition coefficient (Wildman–Crippen LogP) is 2.00. The van der Waals surface area contributed by atoms with Crippen LogP contribution in [-0.2, 0) is 3.07 Å². The van der Waals surface area contributed by atoms with Crippen molar-refractivity contribution in [3.8, 4) is 0 Å². The second-order valence-corrected chi connectivity index (χ2v) is 7.78. The third kappa shape index (κ3) is 11.0. The number of halogens is 1. The molecule has 0 amide bonds. The molecule has 2 radical (unpaired) electrons. The van der Waals surface area contributed by atoms with Gasteiger partial charge in [-0.25, -0.2) is 0 Å². The van der Waals surface area contributed by atoms with Gasteiger partial charge in [0.05, 0.1) is 0 Å². The Kier molecular flexibility index (Phi) is 13.0. The largest absolute Gasteiger partial charge is 0.147 e. The van der Waals surface area contributed by atoms with Gasteiger partial charge in [-0.3, -0.25) is 0 Å². The fraction of sp³-hybridized carbons (Fsp3) is 1.00. The normalized spacial score (nSPS) is 15.0. The first-order valence-corrected chi connectivity index (χ1v) is 7.02. The van der Waals surface area contributed by atoms with Crippen LogP contribution in [0.15, 0.2) is 0 Å². The minimum absolute atomic E-state index is 0. The zero-order chi connectivity index (χ0) is 8.69. The second-order valence-electron chi connectivity index (χ2n) is 3.13. The Bertz CT molecular complexity index is 93.1. The molecule has 0 bridgehead atoms. The molecule has 0 saturated heterocycles. The summed E-state index contributed by atoms with van der Waals surface area (Å²) in [4.78, 5) is 0. The molecule has 0 rings (SSSR count). The van der Waals surface area contributed by atoms with Gasteiger partial charge in [0.1, 0.15) is 0 Å². The Morgan fingerprint density at radius 1 is 1.33 bits per heavy atom. The minimum atomic E-state index is -0.489. The molecule has 0 fully saturated rings. The van der Waals surface area contributed by atoms with Gasteiger partial charge in [0, 0.05) is 0 Å². The third-order valence-corrected chi connectivity index (χ3v) is 4.26. The molecule has 0 aromatic rings. The van der Waals surface area contributed by atoms with E-state index >= 15 is 0 Å². The summed E-state index contributed by atoms with van der Waals surface area (Å²) in [5.41, 5.74) is 5.64. The van der Waals surface area contributed by atoms with Crippen LogP contribution >= 0.6 is 12.4 Å². The second kappa shape index (κ2) is 10.1. The molecule has 0 aromatic heterocycles. The molecule has 0 aliphatic rings. The van der Waals surface area contributed by atoms with Crippen LogP contribution in [0.5, 0.6) is 0 Å². The molecule has 0 spiro atoms. The maximum absolute atomic E-state index is 5.64. The van der Waals surface area contributed by atoms with Crippen LogP contribution in [0.4, 0.5) is 0 Å². The molecular formula is C8H20ClNOSn. The van der Waals surface area contributed by atoms with Gasteiger partial charge < -0.3 is 0 Å². The standard InChI is InChI=1S/C7H16N.CH3O.ClH.Sn/c1-3-4-5-6-7(2)8;1-2;;/h3,7H,4-6,8H2,1-2H3;1H3;1H;/q;-1;;+1. The molecule has 4 heteroatoms. The summed E-state index contributed by atoms with van der Waals surface area (Å²) in [6, 6.07) is 0.371. The summed E-state index contributed by atoms with van der Waals surface area (Å²) in [5, 5.41) is 0. The third-order valence-electron chi connectivity index (χ3n) is 1.62. The fourth-order valence-electron chi connectivity index (χ4n) is 1.01. The molecule has 2 atom stereocenters. The van der Waals surface area contributed by atoms with E-state index in [1.165, 1.54) is 12.8 Å². The van der Waals surface area contributed by atoms with E-state index in [1.54, 1.807) is 0 Å². The summed E-state index contributed by atoms with van der Waals surface area (Å²) in [5.74, 6) is 0. The van der Waals surface area contributed by atoms with E-state index < -0.39 is 21.6 Å². The molecule has 2 unspecified atom stereocenters. The first-order chi connectivity index (χ1) is 5.16. The fourth-order valence-corrected chi connectivity index (χ4v) is 3.07. The maximum Gasteiger partial charge on any atom is -0.147 e. The van der Waals surface area contributed by atoms with Gasteiger partial charge in [-0.05, 0) is 0 Å².